The van der Waals surface area contributed by atoms with Crippen LogP contribution in [-0.2, 0) is 9.53 Å². The van der Waals surface area contributed by atoms with E-state index in [-0.39, 0.29) is 17.9 Å². The van der Waals surface area contributed by atoms with Crippen LogP contribution in [0.4, 0.5) is 5.82 Å². The molecule has 0 radical (unpaired) electrons. The zero-order valence-corrected chi connectivity index (χ0v) is 16.2. The number of hydrogen-bond acceptors (Lipinski definition) is 6. The van der Waals surface area contributed by atoms with Gasteiger partial charge in [-0.3, -0.25) is 4.79 Å². The van der Waals surface area contributed by atoms with Gasteiger partial charge in [-0.05, 0) is 37.5 Å². The van der Waals surface area contributed by atoms with Crippen molar-refractivity contribution in [1.82, 2.24) is 9.97 Å². The summed E-state index contributed by atoms with van der Waals surface area (Å²) in [5.41, 5.74) is 2.58. The number of carbonyl (C=O) groups is 1. The Morgan fingerprint density at radius 3 is 2.64 bits per heavy atom. The van der Waals surface area contributed by atoms with E-state index in [1.807, 2.05) is 19.1 Å². The van der Waals surface area contributed by atoms with Gasteiger partial charge in [-0.15, -0.1) is 0 Å². The number of amides is 1. The third kappa shape index (κ3) is 4.25. The number of aromatic nitrogens is 2. The molecule has 0 atom stereocenters. The number of hydrogen-bond donors (Lipinski definition) is 1. The van der Waals surface area contributed by atoms with E-state index < -0.39 is 0 Å². The number of carbonyl (C=O) groups excluding carboxylic acids is 1. The standard InChI is InChI=1S/C21H25N3O4/c1-13-9-15(10-18(26-2)20(13)28-16-5-7-27-8-6-16)17-11-19(23-12-22-17)24-21(25)14-3-4-14/h9-12,14,16H,3-8H2,1-2H3,(H,22,23,24,25). The Kier molecular flexibility index (Phi) is 5.43. The molecule has 2 aromatic rings. The Morgan fingerprint density at radius 2 is 1.93 bits per heavy atom. The Labute approximate surface area is 164 Å². The molecular formula is C21H25N3O4. The molecular weight excluding hydrogens is 358 g/mol. The molecule has 2 aliphatic rings. The van der Waals surface area contributed by atoms with E-state index in [0.29, 0.717) is 11.6 Å². The zero-order chi connectivity index (χ0) is 19.5. The van der Waals surface area contributed by atoms with Crippen molar-refractivity contribution in [3.8, 4) is 22.8 Å². The number of nitrogens with one attached hydrogen (secondary N) is 1. The molecule has 1 aliphatic carbocycles. The highest BCUT2D eigenvalue weighted by Crippen LogP contribution is 2.37. The molecule has 1 saturated carbocycles. The predicted molar refractivity (Wildman–Crippen MR) is 105 cm³/mol. The van der Waals surface area contributed by atoms with Crippen molar-refractivity contribution in [1.29, 1.82) is 0 Å². The van der Waals surface area contributed by atoms with Gasteiger partial charge in [-0.25, -0.2) is 9.97 Å². The SMILES string of the molecule is COc1cc(-c2cc(NC(=O)C3CC3)ncn2)cc(C)c1OC1CCOCC1. The first-order valence-electron chi connectivity index (χ1n) is 9.70. The maximum absolute atomic E-state index is 12.0. The van der Waals surface area contributed by atoms with Crippen LogP contribution in [0, 0.1) is 12.8 Å². The summed E-state index contributed by atoms with van der Waals surface area (Å²) in [4.78, 5) is 20.5. The lowest BCUT2D eigenvalue weighted by molar-refractivity contribution is -0.117. The molecule has 1 aromatic carbocycles. The fraction of sp³-hybridized carbons (Fsp3) is 0.476. The summed E-state index contributed by atoms with van der Waals surface area (Å²) in [5.74, 6) is 2.10. The predicted octanol–water partition coefficient (Wildman–Crippen LogP) is 3.37. The van der Waals surface area contributed by atoms with Crippen LogP contribution >= 0.6 is 0 Å². The minimum atomic E-state index is 0.0265. The zero-order valence-electron chi connectivity index (χ0n) is 16.2. The van der Waals surface area contributed by atoms with Gasteiger partial charge in [0.2, 0.25) is 5.91 Å². The molecule has 1 aliphatic heterocycles. The lowest BCUT2D eigenvalue weighted by Gasteiger charge is -2.25. The number of benzene rings is 1. The van der Waals surface area contributed by atoms with Gasteiger partial charge in [0.1, 0.15) is 18.2 Å². The summed E-state index contributed by atoms with van der Waals surface area (Å²) < 4.78 is 17.2. The summed E-state index contributed by atoms with van der Waals surface area (Å²) in [6.45, 7) is 3.44. The number of anilines is 1. The average Bonchev–Trinajstić information content (AvgIpc) is 3.56. The van der Waals surface area contributed by atoms with Crippen LogP contribution in [-0.4, -0.2) is 42.3 Å². The monoisotopic (exact) mass is 383 g/mol. The Balaban J connectivity index is 1.57. The van der Waals surface area contributed by atoms with Crippen molar-refractivity contribution >= 4 is 11.7 Å². The molecule has 2 fully saturated rings. The number of methoxy groups -OCH3 is 1. The second kappa shape index (κ2) is 8.14. The van der Waals surface area contributed by atoms with Gasteiger partial charge in [0.15, 0.2) is 11.5 Å². The van der Waals surface area contributed by atoms with Crippen molar-refractivity contribution in [3.63, 3.8) is 0 Å². The van der Waals surface area contributed by atoms with Crippen LogP contribution in [0.2, 0.25) is 0 Å². The van der Waals surface area contributed by atoms with Crippen LogP contribution in [0.25, 0.3) is 11.3 Å². The smallest absolute Gasteiger partial charge is 0.228 e. The molecule has 0 bridgehead atoms. The van der Waals surface area contributed by atoms with Gasteiger partial charge >= 0.3 is 0 Å². The summed E-state index contributed by atoms with van der Waals surface area (Å²) in [6, 6.07) is 5.72. The second-order valence-electron chi connectivity index (χ2n) is 7.31. The molecule has 1 aromatic heterocycles. The van der Waals surface area contributed by atoms with E-state index in [1.54, 1.807) is 13.2 Å². The lowest BCUT2D eigenvalue weighted by atomic mass is 10.1. The fourth-order valence-corrected chi connectivity index (χ4v) is 3.31. The molecule has 2 heterocycles. The van der Waals surface area contributed by atoms with Crippen LogP contribution in [0.5, 0.6) is 11.5 Å². The largest absolute Gasteiger partial charge is 0.493 e. The van der Waals surface area contributed by atoms with E-state index in [1.165, 1.54) is 6.33 Å². The van der Waals surface area contributed by atoms with Gasteiger partial charge in [-0.1, -0.05) is 0 Å². The normalized spacial score (nSPS) is 17.2. The molecule has 7 nitrogen and oxygen atoms in total. The van der Waals surface area contributed by atoms with Crippen LogP contribution in [0.1, 0.15) is 31.2 Å². The van der Waals surface area contributed by atoms with Crippen LogP contribution < -0.4 is 14.8 Å². The first-order valence-corrected chi connectivity index (χ1v) is 9.70. The molecule has 1 N–H and O–H groups in total. The summed E-state index contributed by atoms with van der Waals surface area (Å²) in [7, 11) is 1.64. The van der Waals surface area contributed by atoms with Crippen molar-refractivity contribution in [2.24, 2.45) is 5.92 Å². The van der Waals surface area contributed by atoms with Crippen LogP contribution in [0.3, 0.4) is 0 Å². The number of rotatable bonds is 6. The first-order chi connectivity index (χ1) is 13.6. The molecule has 0 unspecified atom stereocenters. The highest BCUT2D eigenvalue weighted by Gasteiger charge is 2.29. The maximum Gasteiger partial charge on any atom is 0.228 e. The van der Waals surface area contributed by atoms with Crippen molar-refractivity contribution in [2.45, 2.75) is 38.7 Å². The Bertz CT molecular complexity index is 861. The molecule has 1 amide bonds. The number of ether oxygens (including phenoxy) is 3. The quantitative estimate of drug-likeness (QED) is 0.824. The highest BCUT2D eigenvalue weighted by molar-refractivity contribution is 5.93. The van der Waals surface area contributed by atoms with Gasteiger partial charge < -0.3 is 19.5 Å². The summed E-state index contributed by atoms with van der Waals surface area (Å²) >= 11 is 0. The van der Waals surface area contributed by atoms with Crippen molar-refractivity contribution in [2.75, 3.05) is 25.6 Å². The number of aryl methyl sites for hydroxylation is 1. The fourth-order valence-electron chi connectivity index (χ4n) is 3.31. The molecule has 148 valence electrons. The van der Waals surface area contributed by atoms with Gasteiger partial charge in [0.25, 0.3) is 0 Å². The minimum Gasteiger partial charge on any atom is -0.493 e. The van der Waals surface area contributed by atoms with E-state index >= 15 is 0 Å². The summed E-state index contributed by atoms with van der Waals surface area (Å²) in [5, 5.41) is 2.86. The summed E-state index contributed by atoms with van der Waals surface area (Å²) in [6.07, 6.45) is 5.26. The first kappa shape index (κ1) is 18.7. The molecule has 1 saturated heterocycles. The Morgan fingerprint density at radius 1 is 1.14 bits per heavy atom. The van der Waals surface area contributed by atoms with Gasteiger partial charge in [0.05, 0.1) is 26.0 Å². The minimum absolute atomic E-state index is 0.0265. The van der Waals surface area contributed by atoms with Gasteiger partial charge in [-0.2, -0.15) is 0 Å². The highest BCUT2D eigenvalue weighted by atomic mass is 16.5. The van der Waals surface area contributed by atoms with Crippen LogP contribution in [0.15, 0.2) is 24.5 Å². The molecule has 28 heavy (non-hydrogen) atoms. The third-order valence-corrected chi connectivity index (χ3v) is 5.08. The second-order valence-corrected chi connectivity index (χ2v) is 7.31. The number of nitrogens with zero attached hydrogens (tertiary/aromatic N) is 2. The van der Waals surface area contributed by atoms with E-state index in [9.17, 15) is 4.79 Å². The van der Waals surface area contributed by atoms with E-state index in [2.05, 4.69) is 15.3 Å². The molecule has 4 rings (SSSR count). The average molecular weight is 383 g/mol. The van der Waals surface area contributed by atoms with Gasteiger partial charge in [0, 0.05) is 30.4 Å². The maximum atomic E-state index is 12.0. The third-order valence-electron chi connectivity index (χ3n) is 5.08. The van der Waals surface area contributed by atoms with Crippen molar-refractivity contribution < 1.29 is 19.0 Å². The molecule has 7 heteroatoms. The van der Waals surface area contributed by atoms with E-state index in [4.69, 9.17) is 14.2 Å². The van der Waals surface area contributed by atoms with Crippen molar-refractivity contribution in [3.05, 3.63) is 30.1 Å². The lowest BCUT2D eigenvalue weighted by Crippen LogP contribution is -2.26. The topological polar surface area (TPSA) is 82.6 Å². The van der Waals surface area contributed by atoms with E-state index in [0.717, 1.165) is 61.5 Å². The Hall–Kier alpha value is -2.67. The molecule has 0 spiro atoms.